The van der Waals surface area contributed by atoms with E-state index in [2.05, 4.69) is 54.0 Å². The summed E-state index contributed by atoms with van der Waals surface area (Å²) in [5.74, 6) is 0. The van der Waals surface area contributed by atoms with Crippen LogP contribution in [0, 0.1) is 10.8 Å². The molecule has 126 valence electrons. The first-order chi connectivity index (χ1) is 11.1. The van der Waals surface area contributed by atoms with E-state index >= 15 is 0 Å². The van der Waals surface area contributed by atoms with E-state index in [4.69, 9.17) is 0 Å². The minimum absolute atomic E-state index is 0.0890. The summed E-state index contributed by atoms with van der Waals surface area (Å²) < 4.78 is 0. The van der Waals surface area contributed by atoms with Crippen molar-refractivity contribution in [3.63, 3.8) is 0 Å². The Hall–Kier alpha value is -0.900. The van der Waals surface area contributed by atoms with Gasteiger partial charge in [-0.25, -0.2) is 0 Å². The molecule has 0 atom stereocenters. The normalized spacial score (nSPS) is 44.7. The largest absolute Gasteiger partial charge is 0.392 e. The van der Waals surface area contributed by atoms with E-state index in [0.29, 0.717) is 6.17 Å². The Morgan fingerprint density at radius 1 is 0.913 bits per heavy atom. The highest BCUT2D eigenvalue weighted by molar-refractivity contribution is 5.24. The SMILES string of the molecule is CCCC12CN3CC(CCC)(CN(C1)C3c1ccccc1)C2O. The van der Waals surface area contributed by atoms with Gasteiger partial charge in [-0.1, -0.05) is 57.0 Å². The first kappa shape index (κ1) is 15.6. The van der Waals surface area contributed by atoms with Gasteiger partial charge in [0, 0.05) is 37.0 Å². The zero-order valence-electron chi connectivity index (χ0n) is 14.5. The van der Waals surface area contributed by atoms with Gasteiger partial charge in [-0.05, 0) is 18.4 Å². The highest BCUT2D eigenvalue weighted by atomic mass is 16.3. The molecule has 3 heteroatoms. The number of piperidine rings is 2. The van der Waals surface area contributed by atoms with Crippen molar-refractivity contribution in [2.45, 2.75) is 51.8 Å². The van der Waals surface area contributed by atoms with Crippen molar-refractivity contribution >= 4 is 0 Å². The van der Waals surface area contributed by atoms with E-state index in [1.54, 1.807) is 0 Å². The number of benzene rings is 1. The molecule has 0 radical (unpaired) electrons. The van der Waals surface area contributed by atoms with Crippen LogP contribution in [0.2, 0.25) is 0 Å². The summed E-state index contributed by atoms with van der Waals surface area (Å²) >= 11 is 0. The molecule has 1 N–H and O–H groups in total. The summed E-state index contributed by atoms with van der Waals surface area (Å²) in [5, 5.41) is 11.3. The number of rotatable bonds is 5. The second kappa shape index (κ2) is 5.58. The minimum Gasteiger partial charge on any atom is -0.392 e. The summed E-state index contributed by atoms with van der Waals surface area (Å²) in [6.45, 7) is 8.76. The molecule has 3 nitrogen and oxygen atoms in total. The van der Waals surface area contributed by atoms with Crippen LogP contribution in [0.5, 0.6) is 0 Å². The predicted octanol–water partition coefficient (Wildman–Crippen LogP) is 3.26. The van der Waals surface area contributed by atoms with Gasteiger partial charge in [0.05, 0.1) is 12.3 Å². The van der Waals surface area contributed by atoms with Crippen molar-refractivity contribution in [3.05, 3.63) is 35.9 Å². The Bertz CT molecular complexity index is 516. The van der Waals surface area contributed by atoms with Crippen molar-refractivity contribution < 1.29 is 5.11 Å². The van der Waals surface area contributed by atoms with Crippen molar-refractivity contribution in [3.8, 4) is 0 Å². The quantitative estimate of drug-likeness (QED) is 0.903. The summed E-state index contributed by atoms with van der Waals surface area (Å²) in [5.41, 5.74) is 1.59. The molecule has 4 fully saturated rings. The first-order valence-electron chi connectivity index (χ1n) is 9.35. The molecule has 1 aromatic carbocycles. The fourth-order valence-corrected chi connectivity index (χ4v) is 6.03. The number of aliphatic hydroxyl groups excluding tert-OH is 1. The number of hydrogen-bond acceptors (Lipinski definition) is 3. The standard InChI is InChI=1S/C20H30N2O/c1-3-10-19-12-21-14-20(11-4-2,18(19)23)15-22(13-19)17(21)16-8-6-5-7-9-16/h5-9,17-18,23H,3-4,10-15H2,1-2H3. The lowest BCUT2D eigenvalue weighted by molar-refractivity contribution is -0.268. The Balaban J connectivity index is 1.72. The van der Waals surface area contributed by atoms with Crippen molar-refractivity contribution in [2.24, 2.45) is 10.8 Å². The molecule has 4 heterocycles. The van der Waals surface area contributed by atoms with Gasteiger partial charge in [0.25, 0.3) is 0 Å². The van der Waals surface area contributed by atoms with Crippen LogP contribution in [-0.2, 0) is 0 Å². The molecular weight excluding hydrogens is 284 g/mol. The molecule has 0 aromatic heterocycles. The molecule has 4 aliphatic heterocycles. The number of aliphatic hydroxyl groups is 1. The molecule has 23 heavy (non-hydrogen) atoms. The van der Waals surface area contributed by atoms with Gasteiger partial charge in [-0.2, -0.15) is 0 Å². The van der Waals surface area contributed by atoms with Crippen LogP contribution in [0.4, 0.5) is 0 Å². The summed E-state index contributed by atoms with van der Waals surface area (Å²) in [4.78, 5) is 5.33. The molecule has 0 saturated carbocycles. The molecule has 0 amide bonds. The second-order valence-electron chi connectivity index (χ2n) is 8.22. The Morgan fingerprint density at radius 3 is 1.83 bits per heavy atom. The van der Waals surface area contributed by atoms with E-state index in [1.807, 2.05) is 0 Å². The number of nitrogens with zero attached hydrogens (tertiary/aromatic N) is 2. The third-order valence-corrected chi connectivity index (χ3v) is 6.52. The first-order valence-corrected chi connectivity index (χ1v) is 9.35. The fourth-order valence-electron chi connectivity index (χ4n) is 6.03. The van der Waals surface area contributed by atoms with Crippen LogP contribution in [0.25, 0.3) is 0 Å². The monoisotopic (exact) mass is 314 g/mol. The van der Waals surface area contributed by atoms with E-state index in [9.17, 15) is 5.11 Å². The highest BCUT2D eigenvalue weighted by Gasteiger charge is 2.64. The topological polar surface area (TPSA) is 26.7 Å². The molecular formula is C20H30N2O. The third kappa shape index (κ3) is 2.20. The highest BCUT2D eigenvalue weighted by Crippen LogP contribution is 2.57. The van der Waals surface area contributed by atoms with Gasteiger partial charge in [0.1, 0.15) is 0 Å². The average molecular weight is 314 g/mol. The molecule has 0 aliphatic carbocycles. The van der Waals surface area contributed by atoms with Crippen molar-refractivity contribution in [1.29, 1.82) is 0 Å². The molecule has 0 unspecified atom stereocenters. The maximum atomic E-state index is 11.3. The smallest absolute Gasteiger partial charge is 0.0887 e. The molecule has 4 saturated heterocycles. The molecule has 0 spiro atoms. The lowest BCUT2D eigenvalue weighted by Crippen LogP contribution is -2.78. The molecule has 4 bridgehead atoms. The Morgan fingerprint density at radius 2 is 1.39 bits per heavy atom. The van der Waals surface area contributed by atoms with E-state index in [-0.39, 0.29) is 16.9 Å². The van der Waals surface area contributed by atoms with Crippen LogP contribution in [0.15, 0.2) is 30.3 Å². The van der Waals surface area contributed by atoms with Gasteiger partial charge in [-0.3, -0.25) is 9.80 Å². The van der Waals surface area contributed by atoms with Gasteiger partial charge in [0.15, 0.2) is 0 Å². The summed E-state index contributed by atoms with van der Waals surface area (Å²) in [6, 6.07) is 10.9. The van der Waals surface area contributed by atoms with E-state index in [0.717, 1.165) is 51.9 Å². The van der Waals surface area contributed by atoms with Gasteiger partial charge < -0.3 is 5.11 Å². The maximum Gasteiger partial charge on any atom is 0.0887 e. The third-order valence-electron chi connectivity index (χ3n) is 6.52. The van der Waals surface area contributed by atoms with Crippen molar-refractivity contribution in [1.82, 2.24) is 9.80 Å². The van der Waals surface area contributed by atoms with Gasteiger partial charge >= 0.3 is 0 Å². The van der Waals surface area contributed by atoms with Crippen molar-refractivity contribution in [2.75, 3.05) is 26.2 Å². The van der Waals surface area contributed by atoms with E-state index in [1.165, 1.54) is 5.56 Å². The lowest BCUT2D eigenvalue weighted by atomic mass is 9.56. The number of hydrogen-bond donors (Lipinski definition) is 1. The van der Waals surface area contributed by atoms with Gasteiger partial charge in [-0.15, -0.1) is 0 Å². The Kier molecular flexibility index (Phi) is 3.79. The summed E-state index contributed by atoms with van der Waals surface area (Å²) in [7, 11) is 0. The molecule has 4 aliphatic rings. The van der Waals surface area contributed by atoms with E-state index < -0.39 is 0 Å². The summed E-state index contributed by atoms with van der Waals surface area (Å²) in [6.07, 6.45) is 4.91. The minimum atomic E-state index is -0.126. The maximum absolute atomic E-state index is 11.3. The zero-order chi connectivity index (χ0) is 16.1. The lowest BCUT2D eigenvalue weighted by Gasteiger charge is -2.70. The molecule has 5 rings (SSSR count). The second-order valence-corrected chi connectivity index (χ2v) is 8.22. The predicted molar refractivity (Wildman–Crippen MR) is 93.0 cm³/mol. The Labute approximate surface area is 140 Å². The zero-order valence-corrected chi connectivity index (χ0v) is 14.5. The van der Waals surface area contributed by atoms with Crippen LogP contribution in [0.1, 0.15) is 51.3 Å². The fraction of sp³-hybridized carbons (Fsp3) is 0.700. The van der Waals surface area contributed by atoms with Crippen LogP contribution < -0.4 is 0 Å². The average Bonchev–Trinajstić information content (AvgIpc) is 2.53. The molecule has 1 aromatic rings. The van der Waals surface area contributed by atoms with Crippen LogP contribution in [-0.4, -0.2) is 47.2 Å². The van der Waals surface area contributed by atoms with Crippen LogP contribution in [0.3, 0.4) is 0 Å². The van der Waals surface area contributed by atoms with Gasteiger partial charge in [0.2, 0.25) is 0 Å². The van der Waals surface area contributed by atoms with Crippen LogP contribution >= 0.6 is 0 Å².